The Morgan fingerprint density at radius 1 is 1.40 bits per heavy atom. The summed E-state index contributed by atoms with van der Waals surface area (Å²) in [6.45, 7) is 2.65. The van der Waals surface area contributed by atoms with Crippen LogP contribution in [0.3, 0.4) is 0 Å². The van der Waals surface area contributed by atoms with E-state index < -0.39 is 0 Å². The fourth-order valence-electron chi connectivity index (χ4n) is 1.38. The molecule has 0 amide bonds. The minimum absolute atomic E-state index is 0.0247. The van der Waals surface area contributed by atoms with Crippen LogP contribution in [0.2, 0.25) is 0 Å². The first-order chi connectivity index (χ1) is 7.27. The number of hydrogen-bond acceptors (Lipinski definition) is 2. The maximum atomic E-state index is 5.97. The van der Waals surface area contributed by atoms with E-state index in [0.29, 0.717) is 13.0 Å². The highest BCUT2D eigenvalue weighted by molar-refractivity contribution is 5.29. The number of benzene rings is 1. The number of ether oxygens (including phenoxy) is 1. The quantitative estimate of drug-likeness (QED) is 0.746. The van der Waals surface area contributed by atoms with Crippen LogP contribution in [0.1, 0.15) is 31.4 Å². The summed E-state index contributed by atoms with van der Waals surface area (Å²) in [5.41, 5.74) is 7.07. The molecule has 2 heteroatoms. The third-order valence-electron chi connectivity index (χ3n) is 2.22. The van der Waals surface area contributed by atoms with Gasteiger partial charge in [-0.1, -0.05) is 12.1 Å². The number of hydrogen-bond donors (Lipinski definition) is 1. The maximum Gasteiger partial charge on any atom is 0.119 e. The molecule has 2 N–H and O–H groups in total. The first-order valence-electron chi connectivity index (χ1n) is 5.19. The Kier molecular flexibility index (Phi) is 4.73. The molecule has 0 heterocycles. The Morgan fingerprint density at radius 3 is 2.60 bits per heavy atom. The van der Waals surface area contributed by atoms with E-state index in [2.05, 4.69) is 5.92 Å². The average Bonchev–Trinajstić information content (AvgIpc) is 2.27. The Bertz CT molecular complexity index is 323. The van der Waals surface area contributed by atoms with Crippen molar-refractivity contribution in [1.29, 1.82) is 0 Å². The molecule has 1 aromatic carbocycles. The molecule has 0 radical (unpaired) electrons. The summed E-state index contributed by atoms with van der Waals surface area (Å²) in [7, 11) is 0. The molecule has 0 aromatic heterocycles. The minimum Gasteiger partial charge on any atom is -0.494 e. The lowest BCUT2D eigenvalue weighted by molar-refractivity contribution is 0.340. The van der Waals surface area contributed by atoms with Crippen molar-refractivity contribution < 1.29 is 4.74 Å². The van der Waals surface area contributed by atoms with Gasteiger partial charge in [-0.3, -0.25) is 0 Å². The van der Waals surface area contributed by atoms with E-state index in [1.165, 1.54) is 0 Å². The van der Waals surface area contributed by atoms with Gasteiger partial charge >= 0.3 is 0 Å². The second-order valence-electron chi connectivity index (χ2n) is 3.35. The second kappa shape index (κ2) is 6.10. The predicted molar refractivity (Wildman–Crippen MR) is 62.6 cm³/mol. The van der Waals surface area contributed by atoms with Crippen LogP contribution in [-0.4, -0.2) is 6.61 Å². The SMILES string of the molecule is C#CCCC(N)c1ccc(OCC)cc1. The zero-order valence-corrected chi connectivity index (χ0v) is 9.07. The fourth-order valence-corrected chi connectivity index (χ4v) is 1.38. The number of nitrogens with two attached hydrogens (primary N) is 1. The predicted octanol–water partition coefficient (Wildman–Crippen LogP) is 2.50. The van der Waals surface area contributed by atoms with Crippen LogP contribution in [0, 0.1) is 12.3 Å². The summed E-state index contributed by atoms with van der Waals surface area (Å²) in [5.74, 6) is 3.48. The molecule has 0 aliphatic carbocycles. The maximum absolute atomic E-state index is 5.97. The Hall–Kier alpha value is -1.46. The van der Waals surface area contributed by atoms with E-state index >= 15 is 0 Å². The second-order valence-corrected chi connectivity index (χ2v) is 3.35. The molecule has 2 nitrogen and oxygen atoms in total. The summed E-state index contributed by atoms with van der Waals surface area (Å²) in [4.78, 5) is 0. The molecule has 0 spiro atoms. The summed E-state index contributed by atoms with van der Waals surface area (Å²) in [5, 5.41) is 0. The van der Waals surface area contributed by atoms with E-state index in [1.807, 2.05) is 31.2 Å². The molecule has 0 aliphatic heterocycles. The largest absolute Gasteiger partial charge is 0.494 e. The Balaban J connectivity index is 2.59. The van der Waals surface area contributed by atoms with E-state index in [1.54, 1.807) is 0 Å². The molecule has 0 aliphatic rings. The molecule has 1 rings (SSSR count). The minimum atomic E-state index is 0.0247. The van der Waals surface area contributed by atoms with Crippen LogP contribution in [0.5, 0.6) is 5.75 Å². The Morgan fingerprint density at radius 2 is 2.07 bits per heavy atom. The van der Waals surface area contributed by atoms with Gasteiger partial charge in [-0.2, -0.15) is 0 Å². The van der Waals surface area contributed by atoms with Gasteiger partial charge in [-0.15, -0.1) is 12.3 Å². The number of terminal acetylenes is 1. The van der Waals surface area contributed by atoms with Crippen LogP contribution >= 0.6 is 0 Å². The zero-order valence-electron chi connectivity index (χ0n) is 9.07. The van der Waals surface area contributed by atoms with Crippen LogP contribution in [-0.2, 0) is 0 Å². The molecule has 1 aromatic rings. The summed E-state index contributed by atoms with van der Waals surface area (Å²) in [6, 6.07) is 7.89. The van der Waals surface area contributed by atoms with Crippen LogP contribution in [0.4, 0.5) is 0 Å². The highest BCUT2D eigenvalue weighted by Gasteiger charge is 2.04. The van der Waals surface area contributed by atoms with Crippen molar-refractivity contribution >= 4 is 0 Å². The topological polar surface area (TPSA) is 35.2 Å². The fraction of sp³-hybridized carbons (Fsp3) is 0.385. The van der Waals surface area contributed by atoms with Crippen LogP contribution in [0.15, 0.2) is 24.3 Å². The molecular weight excluding hydrogens is 186 g/mol. The molecule has 0 bridgehead atoms. The van der Waals surface area contributed by atoms with Gasteiger partial charge in [0.25, 0.3) is 0 Å². The standard InChI is InChI=1S/C13H17NO/c1-3-5-6-13(14)11-7-9-12(10-8-11)15-4-2/h1,7-10,13H,4-6,14H2,2H3. The van der Waals surface area contributed by atoms with Crippen molar-refractivity contribution in [2.45, 2.75) is 25.8 Å². The van der Waals surface area contributed by atoms with Crippen molar-refractivity contribution in [3.05, 3.63) is 29.8 Å². The number of rotatable bonds is 5. The zero-order chi connectivity index (χ0) is 11.1. The van der Waals surface area contributed by atoms with Gasteiger partial charge in [0.15, 0.2) is 0 Å². The average molecular weight is 203 g/mol. The van der Waals surface area contributed by atoms with Crippen molar-refractivity contribution in [2.24, 2.45) is 5.73 Å². The highest BCUT2D eigenvalue weighted by Crippen LogP contribution is 2.19. The molecule has 0 saturated heterocycles. The van der Waals surface area contributed by atoms with E-state index in [-0.39, 0.29) is 6.04 Å². The summed E-state index contributed by atoms with van der Waals surface area (Å²) < 4.78 is 5.35. The lowest BCUT2D eigenvalue weighted by Crippen LogP contribution is -2.09. The van der Waals surface area contributed by atoms with Gasteiger partial charge in [-0.25, -0.2) is 0 Å². The molecule has 1 atom stereocenters. The lowest BCUT2D eigenvalue weighted by atomic mass is 10.0. The molecule has 0 saturated carbocycles. The van der Waals surface area contributed by atoms with E-state index in [4.69, 9.17) is 16.9 Å². The highest BCUT2D eigenvalue weighted by atomic mass is 16.5. The molecule has 0 fully saturated rings. The monoisotopic (exact) mass is 203 g/mol. The van der Waals surface area contributed by atoms with Crippen molar-refractivity contribution in [3.63, 3.8) is 0 Å². The van der Waals surface area contributed by atoms with Crippen LogP contribution in [0.25, 0.3) is 0 Å². The van der Waals surface area contributed by atoms with Gasteiger partial charge in [0.1, 0.15) is 5.75 Å². The van der Waals surface area contributed by atoms with Crippen molar-refractivity contribution in [2.75, 3.05) is 6.61 Å². The molecular formula is C13H17NO. The smallest absolute Gasteiger partial charge is 0.119 e. The van der Waals surface area contributed by atoms with Crippen molar-refractivity contribution in [3.8, 4) is 18.1 Å². The third-order valence-corrected chi connectivity index (χ3v) is 2.22. The van der Waals surface area contributed by atoms with E-state index in [9.17, 15) is 0 Å². The first-order valence-corrected chi connectivity index (χ1v) is 5.19. The van der Waals surface area contributed by atoms with Gasteiger partial charge in [-0.05, 0) is 31.0 Å². The van der Waals surface area contributed by atoms with E-state index in [0.717, 1.165) is 17.7 Å². The third kappa shape index (κ3) is 3.65. The summed E-state index contributed by atoms with van der Waals surface area (Å²) >= 11 is 0. The molecule has 15 heavy (non-hydrogen) atoms. The van der Waals surface area contributed by atoms with Crippen molar-refractivity contribution in [1.82, 2.24) is 0 Å². The van der Waals surface area contributed by atoms with Crippen LogP contribution < -0.4 is 10.5 Å². The molecule has 1 unspecified atom stereocenters. The van der Waals surface area contributed by atoms with Gasteiger partial charge in [0.05, 0.1) is 6.61 Å². The lowest BCUT2D eigenvalue weighted by Gasteiger charge is -2.11. The van der Waals surface area contributed by atoms with Gasteiger partial charge in [0.2, 0.25) is 0 Å². The first kappa shape index (κ1) is 11.6. The normalized spacial score (nSPS) is 11.8. The van der Waals surface area contributed by atoms with Gasteiger partial charge in [0, 0.05) is 12.5 Å². The molecule has 80 valence electrons. The Labute approximate surface area is 91.4 Å². The summed E-state index contributed by atoms with van der Waals surface area (Å²) in [6.07, 6.45) is 6.73. The van der Waals surface area contributed by atoms with Gasteiger partial charge < -0.3 is 10.5 Å².